The third-order valence-electron chi connectivity index (χ3n) is 5.65. The van der Waals surface area contributed by atoms with Crippen LogP contribution in [0.2, 0.25) is 0 Å². The van der Waals surface area contributed by atoms with Crippen LogP contribution in [0.5, 0.6) is 0 Å². The number of nitrogens with one attached hydrogen (secondary N) is 1. The minimum atomic E-state index is -3.25. The van der Waals surface area contributed by atoms with Crippen molar-refractivity contribution >= 4 is 33.4 Å². The van der Waals surface area contributed by atoms with Gasteiger partial charge in [-0.15, -0.1) is 0 Å². The molecule has 3 saturated heterocycles. The van der Waals surface area contributed by atoms with E-state index in [9.17, 15) is 22.4 Å². The number of hydrogen-bond acceptors (Lipinski definition) is 6. The molecule has 3 heterocycles. The third-order valence-corrected chi connectivity index (χ3v) is 6.93. The smallest absolute Gasteiger partial charge is 0.414 e. The Morgan fingerprint density at radius 3 is 2.69 bits per heavy atom. The fourth-order valence-electron chi connectivity index (χ4n) is 4.18. The summed E-state index contributed by atoms with van der Waals surface area (Å²) in [6.45, 7) is 3.30. The van der Waals surface area contributed by atoms with Crippen LogP contribution in [-0.4, -0.2) is 75.8 Å². The first-order valence-corrected chi connectivity index (χ1v) is 11.2. The van der Waals surface area contributed by atoms with Gasteiger partial charge in [0.05, 0.1) is 30.7 Å². The monoisotopic (exact) mass is 426 g/mol. The van der Waals surface area contributed by atoms with Crippen LogP contribution in [-0.2, 0) is 19.6 Å². The highest BCUT2D eigenvalue weighted by molar-refractivity contribution is 7.88. The first-order valence-electron chi connectivity index (χ1n) is 9.37. The summed E-state index contributed by atoms with van der Waals surface area (Å²) in [6.07, 6.45) is 0.108. The van der Waals surface area contributed by atoms with Crippen molar-refractivity contribution in [3.63, 3.8) is 0 Å². The number of sulfonamides is 1. The first kappa shape index (κ1) is 19.9. The molecule has 3 fully saturated rings. The third kappa shape index (κ3) is 3.76. The molecule has 158 valence electrons. The number of fused-ring (bicyclic) bond motifs is 1. The summed E-state index contributed by atoms with van der Waals surface area (Å²) in [6, 6.07) is 4.42. The average Bonchev–Trinajstić information content (AvgIpc) is 3.12. The molecule has 1 aromatic rings. The molecular formula is C18H23FN4O5S. The molecule has 2 amide bonds. The predicted molar refractivity (Wildman–Crippen MR) is 104 cm³/mol. The summed E-state index contributed by atoms with van der Waals surface area (Å²) in [5, 5.41) is 2.60. The molecule has 0 aromatic heterocycles. The van der Waals surface area contributed by atoms with Gasteiger partial charge in [0.1, 0.15) is 11.9 Å². The lowest BCUT2D eigenvalue weighted by atomic mass is 9.96. The molecule has 0 aliphatic carbocycles. The van der Waals surface area contributed by atoms with Crippen molar-refractivity contribution in [2.24, 2.45) is 5.92 Å². The molecule has 3 unspecified atom stereocenters. The Kier molecular flexibility index (Phi) is 4.89. The summed E-state index contributed by atoms with van der Waals surface area (Å²) < 4.78 is 45.0. The first-order chi connectivity index (χ1) is 13.6. The van der Waals surface area contributed by atoms with Gasteiger partial charge < -0.3 is 15.0 Å². The Morgan fingerprint density at radius 2 is 2.03 bits per heavy atom. The van der Waals surface area contributed by atoms with Crippen LogP contribution in [0.3, 0.4) is 0 Å². The highest BCUT2D eigenvalue weighted by Gasteiger charge is 2.49. The zero-order valence-corrected chi connectivity index (χ0v) is 17.0. The fourth-order valence-corrected chi connectivity index (χ4v) is 5.38. The number of rotatable bonds is 5. The van der Waals surface area contributed by atoms with Gasteiger partial charge in [-0.2, -0.15) is 4.31 Å². The Hall–Kier alpha value is -2.40. The van der Waals surface area contributed by atoms with E-state index >= 15 is 0 Å². The second-order valence-corrected chi connectivity index (χ2v) is 9.69. The molecule has 3 atom stereocenters. The van der Waals surface area contributed by atoms with E-state index < -0.39 is 28.0 Å². The van der Waals surface area contributed by atoms with Crippen LogP contribution >= 0.6 is 0 Å². The molecule has 0 spiro atoms. The van der Waals surface area contributed by atoms with Crippen molar-refractivity contribution in [3.8, 4) is 0 Å². The molecule has 29 heavy (non-hydrogen) atoms. The number of carbonyl (C=O) groups is 2. The van der Waals surface area contributed by atoms with Gasteiger partial charge in [0, 0.05) is 38.5 Å². The summed E-state index contributed by atoms with van der Waals surface area (Å²) >= 11 is 0. The molecule has 3 aliphatic rings. The lowest BCUT2D eigenvalue weighted by Gasteiger charge is -2.40. The van der Waals surface area contributed by atoms with Crippen molar-refractivity contribution in [1.82, 2.24) is 9.62 Å². The number of benzene rings is 1. The summed E-state index contributed by atoms with van der Waals surface area (Å²) in [5.41, 5.74) is 0.764. The molecule has 1 N–H and O–H groups in total. The number of anilines is 2. The number of amides is 2. The predicted octanol–water partition coefficient (Wildman–Crippen LogP) is 0.367. The lowest BCUT2D eigenvalue weighted by molar-refractivity contribution is -0.119. The van der Waals surface area contributed by atoms with E-state index in [0.717, 1.165) is 0 Å². The van der Waals surface area contributed by atoms with Gasteiger partial charge in [0.15, 0.2) is 0 Å². The largest absolute Gasteiger partial charge is 0.442 e. The van der Waals surface area contributed by atoms with Gasteiger partial charge in [-0.3, -0.25) is 9.69 Å². The van der Waals surface area contributed by atoms with E-state index in [1.54, 1.807) is 12.1 Å². The molecule has 4 rings (SSSR count). The van der Waals surface area contributed by atoms with Gasteiger partial charge in [0.2, 0.25) is 15.9 Å². The number of carbonyl (C=O) groups excluding carboxylic acids is 2. The summed E-state index contributed by atoms with van der Waals surface area (Å²) in [4.78, 5) is 26.3. The average molecular weight is 426 g/mol. The number of hydrogen-bond donors (Lipinski definition) is 1. The van der Waals surface area contributed by atoms with E-state index in [1.807, 2.05) is 4.90 Å². The van der Waals surface area contributed by atoms with Crippen LogP contribution in [0.15, 0.2) is 18.2 Å². The van der Waals surface area contributed by atoms with Gasteiger partial charge in [-0.1, -0.05) is 0 Å². The molecule has 0 radical (unpaired) electrons. The van der Waals surface area contributed by atoms with Crippen LogP contribution in [0.4, 0.5) is 20.6 Å². The Labute approximate surface area is 168 Å². The number of cyclic esters (lactones) is 1. The summed E-state index contributed by atoms with van der Waals surface area (Å²) in [5.74, 6) is -0.497. The zero-order valence-electron chi connectivity index (χ0n) is 16.2. The van der Waals surface area contributed by atoms with Crippen molar-refractivity contribution < 1.29 is 27.1 Å². The van der Waals surface area contributed by atoms with Crippen molar-refractivity contribution in [2.75, 3.05) is 48.8 Å². The zero-order chi connectivity index (χ0) is 20.9. The van der Waals surface area contributed by atoms with Gasteiger partial charge in [0.25, 0.3) is 0 Å². The van der Waals surface area contributed by atoms with Crippen molar-refractivity contribution in [1.29, 1.82) is 0 Å². The van der Waals surface area contributed by atoms with Gasteiger partial charge in [-0.25, -0.2) is 17.6 Å². The standard InChI is InChI=1S/C18H23FN4O5S/c1-11(24)20-6-14-9-22(18(25)28-14)13-3-4-16(15(19)5-13)21-7-12-8-23(17(12)10-21)29(2,26)27/h3-5,12,14,17H,6-10H2,1-2H3,(H,20,24). The van der Waals surface area contributed by atoms with Crippen LogP contribution in [0.1, 0.15) is 6.92 Å². The molecule has 9 nitrogen and oxygen atoms in total. The minimum absolute atomic E-state index is 0.118. The maximum Gasteiger partial charge on any atom is 0.414 e. The molecule has 11 heteroatoms. The minimum Gasteiger partial charge on any atom is -0.442 e. The Bertz CT molecular complexity index is 956. The van der Waals surface area contributed by atoms with Crippen molar-refractivity contribution in [3.05, 3.63) is 24.0 Å². The Balaban J connectivity index is 1.44. The number of nitrogens with zero attached hydrogens (tertiary/aromatic N) is 3. The lowest BCUT2D eigenvalue weighted by Crippen LogP contribution is -2.57. The maximum absolute atomic E-state index is 14.8. The second-order valence-electron chi connectivity index (χ2n) is 7.75. The SMILES string of the molecule is CC(=O)NCC1CN(c2ccc(N3CC4CN(S(C)(=O)=O)C4C3)c(F)c2)C(=O)O1. The van der Waals surface area contributed by atoms with Crippen LogP contribution in [0.25, 0.3) is 0 Å². The summed E-state index contributed by atoms with van der Waals surface area (Å²) in [7, 11) is -3.25. The molecule has 0 bridgehead atoms. The van der Waals surface area contributed by atoms with E-state index in [2.05, 4.69) is 5.32 Å². The van der Waals surface area contributed by atoms with Gasteiger partial charge in [-0.05, 0) is 18.2 Å². The van der Waals surface area contributed by atoms with Gasteiger partial charge >= 0.3 is 6.09 Å². The quantitative estimate of drug-likeness (QED) is 0.730. The Morgan fingerprint density at radius 1 is 1.28 bits per heavy atom. The van der Waals surface area contributed by atoms with Crippen molar-refractivity contribution in [2.45, 2.75) is 19.1 Å². The molecular weight excluding hydrogens is 403 g/mol. The normalized spacial score (nSPS) is 26.9. The van der Waals surface area contributed by atoms with Crippen LogP contribution in [0, 0.1) is 11.7 Å². The number of ether oxygens (including phenoxy) is 1. The highest BCUT2D eigenvalue weighted by atomic mass is 32.2. The second kappa shape index (κ2) is 7.13. The van der Waals surface area contributed by atoms with E-state index in [0.29, 0.717) is 31.0 Å². The molecule has 3 aliphatic heterocycles. The highest BCUT2D eigenvalue weighted by Crippen LogP contribution is 2.38. The topological polar surface area (TPSA) is 99.3 Å². The fraction of sp³-hybridized carbons (Fsp3) is 0.556. The van der Waals surface area contributed by atoms with Crippen LogP contribution < -0.4 is 15.1 Å². The van der Waals surface area contributed by atoms with E-state index in [4.69, 9.17) is 4.74 Å². The van der Waals surface area contributed by atoms with E-state index in [1.165, 1.54) is 28.5 Å². The molecule has 1 aromatic carbocycles. The van der Waals surface area contributed by atoms with E-state index in [-0.39, 0.29) is 31.0 Å². The number of halogens is 1. The maximum atomic E-state index is 14.8. The molecule has 0 saturated carbocycles.